The van der Waals surface area contributed by atoms with Gasteiger partial charge in [0.15, 0.2) is 0 Å². The monoisotopic (exact) mass is 260 g/mol. The van der Waals surface area contributed by atoms with Crippen LogP contribution in [0, 0.1) is 0 Å². The van der Waals surface area contributed by atoms with E-state index in [9.17, 15) is 12.9 Å². The van der Waals surface area contributed by atoms with Gasteiger partial charge in [-0.3, -0.25) is 0 Å². The normalized spacial score (nSPS) is 10.7. The molecular formula is C8H9BF3KOS. The molecule has 1 aromatic rings. The van der Waals surface area contributed by atoms with Gasteiger partial charge in [0.05, 0.1) is 6.51 Å². The SMILES string of the molecule is CSc1ccccc1OC[B-](F)(F)F.[K+]. The zero-order valence-electron chi connectivity index (χ0n) is 8.54. The van der Waals surface area contributed by atoms with Crippen LogP contribution in [0.15, 0.2) is 29.2 Å². The summed E-state index contributed by atoms with van der Waals surface area (Å²) in [5.74, 6) is 0.291. The van der Waals surface area contributed by atoms with Crippen LogP contribution in [-0.2, 0) is 0 Å². The minimum Gasteiger partial charge on any atom is -0.521 e. The molecule has 0 aromatic heterocycles. The van der Waals surface area contributed by atoms with Crippen LogP contribution in [0.3, 0.4) is 0 Å². The first-order chi connectivity index (χ1) is 6.53. The van der Waals surface area contributed by atoms with Crippen molar-refractivity contribution in [2.24, 2.45) is 0 Å². The quantitative estimate of drug-likeness (QED) is 0.564. The maximum atomic E-state index is 11.9. The molecule has 1 aromatic carbocycles. The van der Waals surface area contributed by atoms with E-state index < -0.39 is 13.5 Å². The number of rotatable bonds is 4. The van der Waals surface area contributed by atoms with Crippen LogP contribution in [0.25, 0.3) is 0 Å². The number of benzene rings is 1. The summed E-state index contributed by atoms with van der Waals surface area (Å²) in [6, 6.07) is 6.67. The molecule has 0 aliphatic rings. The Morgan fingerprint density at radius 3 is 2.40 bits per heavy atom. The molecule has 0 bridgehead atoms. The summed E-state index contributed by atoms with van der Waals surface area (Å²) in [5, 5.41) is 0. The summed E-state index contributed by atoms with van der Waals surface area (Å²) in [5.41, 5.74) is 0. The van der Waals surface area contributed by atoms with Gasteiger partial charge in [0.1, 0.15) is 5.75 Å². The minimum absolute atomic E-state index is 0. The molecule has 0 fully saturated rings. The molecule has 0 saturated carbocycles. The van der Waals surface area contributed by atoms with Crippen molar-refractivity contribution in [2.75, 3.05) is 12.8 Å². The second-order valence-electron chi connectivity index (χ2n) is 2.67. The van der Waals surface area contributed by atoms with Gasteiger partial charge >= 0.3 is 58.4 Å². The molecule has 0 N–H and O–H groups in total. The van der Waals surface area contributed by atoms with Crippen molar-refractivity contribution in [3.05, 3.63) is 24.3 Å². The van der Waals surface area contributed by atoms with E-state index in [2.05, 4.69) is 4.74 Å². The molecule has 7 heteroatoms. The Bertz CT molecular complexity index is 308. The van der Waals surface area contributed by atoms with Crippen molar-refractivity contribution in [1.82, 2.24) is 0 Å². The Balaban J connectivity index is 0.00000196. The van der Waals surface area contributed by atoms with E-state index in [1.165, 1.54) is 17.8 Å². The molecule has 0 saturated heterocycles. The third-order valence-electron chi connectivity index (χ3n) is 1.50. The number of para-hydroxylation sites is 1. The molecule has 0 heterocycles. The summed E-state index contributed by atoms with van der Waals surface area (Å²) in [6.45, 7) is -6.06. The first-order valence-electron chi connectivity index (χ1n) is 4.00. The molecular weight excluding hydrogens is 251 g/mol. The zero-order valence-corrected chi connectivity index (χ0v) is 12.5. The Morgan fingerprint density at radius 2 is 1.87 bits per heavy atom. The predicted octanol–water partition coefficient (Wildman–Crippen LogP) is 0.178. The predicted molar refractivity (Wildman–Crippen MR) is 52.8 cm³/mol. The summed E-state index contributed by atoms with van der Waals surface area (Å²) in [4.78, 5) is 0.715. The van der Waals surface area contributed by atoms with E-state index in [0.29, 0.717) is 10.6 Å². The van der Waals surface area contributed by atoms with Crippen LogP contribution in [-0.4, -0.2) is 19.7 Å². The van der Waals surface area contributed by atoms with Gasteiger partial charge in [-0.25, -0.2) is 0 Å². The number of thioether (sulfide) groups is 1. The molecule has 0 unspecified atom stereocenters. The van der Waals surface area contributed by atoms with Crippen molar-refractivity contribution < 1.29 is 69.1 Å². The first-order valence-corrected chi connectivity index (χ1v) is 5.22. The first kappa shape index (κ1) is 15.9. The van der Waals surface area contributed by atoms with Gasteiger partial charge in [0.2, 0.25) is 0 Å². The Morgan fingerprint density at radius 1 is 1.27 bits per heavy atom. The molecule has 15 heavy (non-hydrogen) atoms. The molecule has 0 aliphatic carbocycles. The number of hydrogen-bond donors (Lipinski definition) is 0. The average Bonchev–Trinajstić information content (AvgIpc) is 2.14. The minimum atomic E-state index is -4.88. The van der Waals surface area contributed by atoms with Crippen LogP contribution in [0.1, 0.15) is 0 Å². The van der Waals surface area contributed by atoms with Crippen LogP contribution in [0.2, 0.25) is 0 Å². The van der Waals surface area contributed by atoms with E-state index in [4.69, 9.17) is 0 Å². The van der Waals surface area contributed by atoms with E-state index in [1.54, 1.807) is 24.5 Å². The standard InChI is InChI=1S/C8H9BF3OS.K/c1-14-8-5-3-2-4-7(8)13-6-9(10,11)12;/h2-5H,6H2,1H3;/q-1;+1. The van der Waals surface area contributed by atoms with Crippen molar-refractivity contribution in [3.8, 4) is 5.75 Å². The number of ether oxygens (including phenoxy) is 1. The van der Waals surface area contributed by atoms with Gasteiger partial charge in [-0.15, -0.1) is 11.8 Å². The fourth-order valence-electron chi connectivity index (χ4n) is 0.922. The summed E-state index contributed by atoms with van der Waals surface area (Å²) < 4.78 is 40.4. The Hall–Kier alpha value is 0.861. The third kappa shape index (κ3) is 6.23. The smallest absolute Gasteiger partial charge is 0.521 e. The van der Waals surface area contributed by atoms with Crippen molar-refractivity contribution in [3.63, 3.8) is 0 Å². The van der Waals surface area contributed by atoms with Gasteiger partial charge in [-0.2, -0.15) is 0 Å². The number of hydrogen-bond acceptors (Lipinski definition) is 2. The molecule has 78 valence electrons. The third-order valence-corrected chi connectivity index (χ3v) is 2.27. The summed E-state index contributed by atoms with van der Waals surface area (Å²) in [6.07, 6.45) is 1.79. The van der Waals surface area contributed by atoms with Gasteiger partial charge in [0.25, 0.3) is 0 Å². The van der Waals surface area contributed by atoms with Gasteiger partial charge in [-0.05, 0) is 18.4 Å². The van der Waals surface area contributed by atoms with Crippen LogP contribution < -0.4 is 56.1 Å². The fourth-order valence-corrected chi connectivity index (χ4v) is 1.47. The molecule has 0 radical (unpaired) electrons. The van der Waals surface area contributed by atoms with E-state index in [0.717, 1.165) is 0 Å². The van der Waals surface area contributed by atoms with E-state index >= 15 is 0 Å². The molecule has 0 spiro atoms. The maximum absolute atomic E-state index is 11.9. The van der Waals surface area contributed by atoms with E-state index in [-0.39, 0.29) is 51.4 Å². The second kappa shape index (κ2) is 7.24. The second-order valence-corrected chi connectivity index (χ2v) is 3.52. The van der Waals surface area contributed by atoms with Crippen molar-refractivity contribution in [1.29, 1.82) is 0 Å². The molecule has 1 nitrogen and oxygen atoms in total. The molecule has 1 rings (SSSR count). The van der Waals surface area contributed by atoms with Gasteiger partial charge in [-0.1, -0.05) is 12.1 Å². The van der Waals surface area contributed by atoms with Crippen LogP contribution in [0.5, 0.6) is 5.75 Å². The topological polar surface area (TPSA) is 9.23 Å². The molecule has 0 aliphatic heterocycles. The zero-order chi connectivity index (χ0) is 10.6. The largest absolute Gasteiger partial charge is 1.00 e. The van der Waals surface area contributed by atoms with Crippen molar-refractivity contribution in [2.45, 2.75) is 4.90 Å². The van der Waals surface area contributed by atoms with Crippen LogP contribution in [0.4, 0.5) is 12.9 Å². The summed E-state index contributed by atoms with van der Waals surface area (Å²) in [7, 11) is 0. The molecule has 0 atom stereocenters. The summed E-state index contributed by atoms with van der Waals surface area (Å²) >= 11 is 1.36. The fraction of sp³-hybridized carbons (Fsp3) is 0.250. The van der Waals surface area contributed by atoms with Crippen molar-refractivity contribution >= 4 is 18.7 Å². The Labute approximate surface area is 134 Å². The van der Waals surface area contributed by atoms with Crippen LogP contribution >= 0.6 is 11.8 Å². The maximum Gasteiger partial charge on any atom is 1.00 e. The van der Waals surface area contributed by atoms with Gasteiger partial charge in [0, 0.05) is 4.90 Å². The number of halogens is 3. The van der Waals surface area contributed by atoms with Gasteiger partial charge < -0.3 is 17.7 Å². The Kier molecular flexibility index (Phi) is 7.65. The average molecular weight is 260 g/mol. The molecule has 0 amide bonds. The van der Waals surface area contributed by atoms with E-state index in [1.807, 2.05) is 0 Å².